The summed E-state index contributed by atoms with van der Waals surface area (Å²) in [6, 6.07) is 4.57. The standard InChI is InChI=1S/C18H19F11O2/c1-10(2)31-12-7-5-11(6-8-12)13(3,30-4)9-14(19,20)15(21,22)16(23,24)17(25,26)18(27,28)29/h5-8,10H,9H2,1-4H3. The molecule has 1 atom stereocenters. The summed E-state index contributed by atoms with van der Waals surface area (Å²) in [5.74, 6) is -27.8. The van der Waals surface area contributed by atoms with Crippen molar-refractivity contribution in [1.82, 2.24) is 0 Å². The predicted molar refractivity (Wildman–Crippen MR) is 87.0 cm³/mol. The second-order valence-corrected chi connectivity index (χ2v) is 7.23. The van der Waals surface area contributed by atoms with Crippen LogP contribution in [0.25, 0.3) is 0 Å². The molecule has 0 radical (unpaired) electrons. The topological polar surface area (TPSA) is 18.5 Å². The fourth-order valence-electron chi connectivity index (χ4n) is 2.59. The van der Waals surface area contributed by atoms with E-state index in [0.29, 0.717) is 0 Å². The Kier molecular flexibility index (Phi) is 7.28. The van der Waals surface area contributed by atoms with E-state index in [1.165, 1.54) is 12.1 Å². The predicted octanol–water partition coefficient (Wildman–Crippen LogP) is 6.83. The Morgan fingerprint density at radius 3 is 1.55 bits per heavy atom. The first-order valence-corrected chi connectivity index (χ1v) is 8.56. The van der Waals surface area contributed by atoms with Gasteiger partial charge in [-0.25, -0.2) is 0 Å². The van der Waals surface area contributed by atoms with Gasteiger partial charge >= 0.3 is 29.9 Å². The number of hydrogen-bond donors (Lipinski definition) is 0. The lowest BCUT2D eigenvalue weighted by atomic mass is 9.85. The summed E-state index contributed by atoms with van der Waals surface area (Å²) in [6.07, 6.45) is -9.83. The van der Waals surface area contributed by atoms with E-state index in [-0.39, 0.29) is 17.4 Å². The fourth-order valence-corrected chi connectivity index (χ4v) is 2.59. The normalized spacial score (nSPS) is 16.4. The number of alkyl halides is 11. The van der Waals surface area contributed by atoms with Gasteiger partial charge in [0, 0.05) is 7.11 Å². The van der Waals surface area contributed by atoms with E-state index in [0.717, 1.165) is 26.2 Å². The van der Waals surface area contributed by atoms with Gasteiger partial charge in [0.15, 0.2) is 0 Å². The number of rotatable bonds is 9. The van der Waals surface area contributed by atoms with Gasteiger partial charge in [-0.05, 0) is 38.5 Å². The van der Waals surface area contributed by atoms with Crippen molar-refractivity contribution in [2.24, 2.45) is 0 Å². The Labute approximate surface area is 170 Å². The summed E-state index contributed by atoms with van der Waals surface area (Å²) >= 11 is 0. The Hall–Kier alpha value is -1.79. The van der Waals surface area contributed by atoms with Crippen molar-refractivity contribution in [3.8, 4) is 5.75 Å². The number of halogens is 11. The van der Waals surface area contributed by atoms with Crippen LogP contribution in [-0.2, 0) is 10.3 Å². The molecule has 0 amide bonds. The van der Waals surface area contributed by atoms with Crippen LogP contribution in [0.1, 0.15) is 32.8 Å². The Morgan fingerprint density at radius 2 is 1.19 bits per heavy atom. The van der Waals surface area contributed by atoms with Crippen molar-refractivity contribution < 1.29 is 57.8 Å². The van der Waals surface area contributed by atoms with E-state index in [2.05, 4.69) is 0 Å². The zero-order chi connectivity index (χ0) is 24.7. The van der Waals surface area contributed by atoms with Crippen molar-refractivity contribution in [1.29, 1.82) is 0 Å². The van der Waals surface area contributed by atoms with Crippen LogP contribution in [0.2, 0.25) is 0 Å². The molecule has 2 nitrogen and oxygen atoms in total. The van der Waals surface area contributed by atoms with Crippen LogP contribution in [0, 0.1) is 0 Å². The molecule has 1 aromatic rings. The highest BCUT2D eigenvalue weighted by Gasteiger charge is 2.87. The Balaban J connectivity index is 3.35. The maximum Gasteiger partial charge on any atom is 0.460 e. The second-order valence-electron chi connectivity index (χ2n) is 7.23. The minimum atomic E-state index is -7.45. The van der Waals surface area contributed by atoms with Crippen molar-refractivity contribution in [2.45, 2.75) is 68.8 Å². The van der Waals surface area contributed by atoms with Gasteiger partial charge in [-0.1, -0.05) is 12.1 Å². The third-order valence-corrected chi connectivity index (χ3v) is 4.45. The van der Waals surface area contributed by atoms with Gasteiger partial charge < -0.3 is 9.47 Å². The summed E-state index contributed by atoms with van der Waals surface area (Å²) in [4.78, 5) is 0. The molecule has 13 heteroatoms. The largest absolute Gasteiger partial charge is 0.491 e. The molecule has 0 spiro atoms. The van der Waals surface area contributed by atoms with Gasteiger partial charge in [-0.15, -0.1) is 0 Å². The number of hydrogen-bond acceptors (Lipinski definition) is 2. The van der Waals surface area contributed by atoms with Crippen LogP contribution >= 0.6 is 0 Å². The van der Waals surface area contributed by atoms with Gasteiger partial charge in [0.2, 0.25) is 0 Å². The highest BCUT2D eigenvalue weighted by molar-refractivity contribution is 5.31. The van der Waals surface area contributed by atoms with Crippen molar-refractivity contribution >= 4 is 0 Å². The van der Waals surface area contributed by atoms with Crippen LogP contribution in [0.4, 0.5) is 48.3 Å². The molecular weight excluding hydrogens is 457 g/mol. The lowest BCUT2D eigenvalue weighted by Crippen LogP contribution is -2.67. The van der Waals surface area contributed by atoms with Crippen molar-refractivity contribution in [3.63, 3.8) is 0 Å². The molecule has 1 unspecified atom stereocenters. The van der Waals surface area contributed by atoms with Crippen LogP contribution in [0.15, 0.2) is 24.3 Å². The molecule has 0 bridgehead atoms. The maximum absolute atomic E-state index is 14.2. The molecule has 0 N–H and O–H groups in total. The summed E-state index contributed by atoms with van der Waals surface area (Å²) in [5, 5.41) is 0. The minimum Gasteiger partial charge on any atom is -0.491 e. The Bertz CT molecular complexity index is 742. The first-order chi connectivity index (χ1) is 13.7. The first-order valence-electron chi connectivity index (χ1n) is 8.56. The van der Waals surface area contributed by atoms with Crippen LogP contribution < -0.4 is 4.74 Å². The molecule has 31 heavy (non-hydrogen) atoms. The molecule has 0 aliphatic carbocycles. The molecule has 0 aliphatic heterocycles. The van der Waals surface area contributed by atoms with Gasteiger partial charge in [-0.2, -0.15) is 48.3 Å². The smallest absolute Gasteiger partial charge is 0.460 e. The molecule has 0 heterocycles. The SMILES string of the molecule is COC(C)(CC(F)(F)C(F)(F)C(F)(F)C(F)(F)C(F)(F)F)c1ccc(OC(C)C)cc1. The quantitative estimate of drug-likeness (QED) is 0.364. The number of methoxy groups -OCH3 is 1. The molecule has 0 fully saturated rings. The molecule has 1 aromatic carbocycles. The zero-order valence-corrected chi connectivity index (χ0v) is 16.6. The van der Waals surface area contributed by atoms with Gasteiger partial charge in [0.05, 0.1) is 18.1 Å². The molecule has 0 aromatic heterocycles. The summed E-state index contributed by atoms with van der Waals surface area (Å²) < 4.78 is 156. The average Bonchev–Trinajstić information content (AvgIpc) is 2.59. The monoisotopic (exact) mass is 476 g/mol. The third-order valence-electron chi connectivity index (χ3n) is 4.45. The molecule has 0 saturated heterocycles. The lowest BCUT2D eigenvalue weighted by Gasteiger charge is -2.40. The van der Waals surface area contributed by atoms with E-state index in [1.807, 2.05) is 0 Å². The van der Waals surface area contributed by atoms with Crippen molar-refractivity contribution in [2.75, 3.05) is 7.11 Å². The number of ether oxygens (including phenoxy) is 2. The highest BCUT2D eigenvalue weighted by atomic mass is 19.4. The first kappa shape index (κ1) is 27.2. The van der Waals surface area contributed by atoms with Crippen LogP contribution in [0.3, 0.4) is 0 Å². The molecular formula is C18H19F11O2. The summed E-state index contributed by atoms with van der Waals surface area (Å²) in [5.41, 5.74) is -2.74. The van der Waals surface area contributed by atoms with E-state index in [4.69, 9.17) is 9.47 Å². The maximum atomic E-state index is 14.2. The molecule has 0 aliphatic rings. The Morgan fingerprint density at radius 1 is 0.742 bits per heavy atom. The van der Waals surface area contributed by atoms with Gasteiger partial charge in [0.1, 0.15) is 5.75 Å². The molecule has 0 saturated carbocycles. The minimum absolute atomic E-state index is 0.227. The molecule has 180 valence electrons. The fraction of sp³-hybridized carbons (Fsp3) is 0.667. The van der Waals surface area contributed by atoms with Gasteiger partial charge in [-0.3, -0.25) is 0 Å². The van der Waals surface area contributed by atoms with Gasteiger partial charge in [0.25, 0.3) is 0 Å². The average molecular weight is 476 g/mol. The molecule has 1 rings (SSSR count). The van der Waals surface area contributed by atoms with E-state index in [9.17, 15) is 48.3 Å². The van der Waals surface area contributed by atoms with E-state index in [1.54, 1.807) is 13.8 Å². The van der Waals surface area contributed by atoms with Crippen LogP contribution in [0.5, 0.6) is 5.75 Å². The lowest BCUT2D eigenvalue weighted by molar-refractivity contribution is -0.424. The van der Waals surface area contributed by atoms with Crippen molar-refractivity contribution in [3.05, 3.63) is 29.8 Å². The number of benzene rings is 1. The van der Waals surface area contributed by atoms with Crippen LogP contribution in [-0.4, -0.2) is 43.1 Å². The third kappa shape index (κ3) is 4.85. The summed E-state index contributed by atoms with van der Waals surface area (Å²) in [6.45, 7) is 4.08. The summed E-state index contributed by atoms with van der Waals surface area (Å²) in [7, 11) is 0.745. The van der Waals surface area contributed by atoms with E-state index < -0.39 is 41.9 Å². The zero-order valence-electron chi connectivity index (χ0n) is 16.6. The second kappa shape index (κ2) is 8.28. The van der Waals surface area contributed by atoms with E-state index >= 15 is 0 Å². The highest BCUT2D eigenvalue weighted by Crippen LogP contribution is 2.59.